The molecule has 1 aromatic carbocycles. The van der Waals surface area contributed by atoms with E-state index in [4.69, 9.17) is 0 Å². The number of hydrogen-bond donors (Lipinski definition) is 1. The molecule has 1 N–H and O–H groups in total. The van der Waals surface area contributed by atoms with Crippen LogP contribution in [0.15, 0.2) is 18.2 Å². The maximum atomic E-state index is 13.3. The normalized spacial score (nSPS) is 30.9. The van der Waals surface area contributed by atoms with E-state index < -0.39 is 22.1 Å². The fraction of sp³-hybridized carbons (Fsp3) is 0.500. The second-order valence-corrected chi connectivity index (χ2v) is 5.96. The fourth-order valence-corrected chi connectivity index (χ4v) is 3.53. The highest BCUT2D eigenvalue weighted by atomic mass is 19.1. The highest BCUT2D eigenvalue weighted by molar-refractivity contribution is 5.76. The number of carboxylic acids is 1. The lowest BCUT2D eigenvalue weighted by Crippen LogP contribution is -2.32. The lowest BCUT2D eigenvalue weighted by molar-refractivity contribution is -0.385. The van der Waals surface area contributed by atoms with E-state index in [9.17, 15) is 24.4 Å². The van der Waals surface area contributed by atoms with Gasteiger partial charge in [0.05, 0.1) is 10.3 Å². The molecule has 2 saturated carbocycles. The summed E-state index contributed by atoms with van der Waals surface area (Å²) in [5, 5.41) is 20.5. The smallest absolute Gasteiger partial charge is 0.309 e. The Morgan fingerprint density at radius 3 is 2.65 bits per heavy atom. The van der Waals surface area contributed by atoms with E-state index >= 15 is 0 Å². The third kappa shape index (κ3) is 2.05. The number of nitro groups is 1. The lowest BCUT2D eigenvalue weighted by Gasteiger charge is -2.25. The van der Waals surface area contributed by atoms with E-state index in [-0.39, 0.29) is 17.7 Å². The summed E-state index contributed by atoms with van der Waals surface area (Å²) in [5.74, 6) is -0.644. The number of aliphatic carboxylic acids is 1. The number of carboxylic acid groups (broad SMARTS) is 1. The van der Waals surface area contributed by atoms with E-state index in [1.54, 1.807) is 0 Å². The van der Waals surface area contributed by atoms with E-state index in [0.29, 0.717) is 24.7 Å². The standard InChI is InChI=1S/C14H14FNO4/c15-11-1-2-12(16(19)20)10(4-11)7-14(13(17)18)5-8-3-9(8)6-14/h1-2,4,8-9H,3,5-7H2,(H,17,18). The van der Waals surface area contributed by atoms with Crippen molar-refractivity contribution in [3.05, 3.63) is 39.7 Å². The first-order chi connectivity index (χ1) is 9.41. The number of benzene rings is 1. The summed E-state index contributed by atoms with van der Waals surface area (Å²) in [4.78, 5) is 22.0. The van der Waals surface area contributed by atoms with Crippen LogP contribution in [0, 0.1) is 33.2 Å². The number of nitro benzene ring substituents is 1. The molecule has 2 aliphatic rings. The van der Waals surface area contributed by atoms with Crippen molar-refractivity contribution in [3.63, 3.8) is 0 Å². The molecule has 6 heteroatoms. The van der Waals surface area contributed by atoms with Crippen LogP contribution in [0.5, 0.6) is 0 Å². The molecule has 0 spiro atoms. The molecule has 0 bridgehead atoms. The van der Waals surface area contributed by atoms with Crippen molar-refractivity contribution in [1.29, 1.82) is 0 Å². The van der Waals surface area contributed by atoms with Gasteiger partial charge in [-0.1, -0.05) is 0 Å². The zero-order valence-corrected chi connectivity index (χ0v) is 10.7. The molecule has 2 unspecified atom stereocenters. The number of carbonyl (C=O) groups is 1. The molecule has 0 amide bonds. The van der Waals surface area contributed by atoms with Crippen molar-refractivity contribution in [2.75, 3.05) is 0 Å². The highest BCUT2D eigenvalue weighted by Crippen LogP contribution is 2.61. The first-order valence-electron chi connectivity index (χ1n) is 6.57. The molecule has 20 heavy (non-hydrogen) atoms. The summed E-state index contributed by atoms with van der Waals surface area (Å²) in [6, 6.07) is 3.23. The van der Waals surface area contributed by atoms with Crippen LogP contribution in [0.3, 0.4) is 0 Å². The summed E-state index contributed by atoms with van der Waals surface area (Å²) in [5.41, 5.74) is -0.988. The molecule has 0 heterocycles. The van der Waals surface area contributed by atoms with Gasteiger partial charge < -0.3 is 5.11 Å². The summed E-state index contributed by atoms with van der Waals surface area (Å²) >= 11 is 0. The number of nitrogens with zero attached hydrogens (tertiary/aromatic N) is 1. The van der Waals surface area contributed by atoms with Crippen molar-refractivity contribution < 1.29 is 19.2 Å². The van der Waals surface area contributed by atoms with Gasteiger partial charge in [0.15, 0.2) is 0 Å². The molecule has 0 radical (unpaired) electrons. The van der Waals surface area contributed by atoms with Gasteiger partial charge in [-0.3, -0.25) is 14.9 Å². The number of hydrogen-bond acceptors (Lipinski definition) is 3. The second-order valence-electron chi connectivity index (χ2n) is 5.96. The van der Waals surface area contributed by atoms with Gasteiger partial charge in [-0.15, -0.1) is 0 Å². The van der Waals surface area contributed by atoms with E-state index in [1.165, 1.54) is 0 Å². The van der Waals surface area contributed by atoms with Crippen molar-refractivity contribution >= 4 is 11.7 Å². The van der Waals surface area contributed by atoms with Gasteiger partial charge in [0, 0.05) is 11.6 Å². The van der Waals surface area contributed by atoms with Crippen molar-refractivity contribution in [2.24, 2.45) is 17.3 Å². The SMILES string of the molecule is O=C(O)C1(Cc2cc(F)ccc2[N+](=O)[O-])CC2CC2C1. The lowest BCUT2D eigenvalue weighted by atomic mass is 9.77. The fourth-order valence-electron chi connectivity index (χ4n) is 3.53. The van der Waals surface area contributed by atoms with E-state index in [1.807, 2.05) is 0 Å². The Labute approximate surface area is 114 Å². The second kappa shape index (κ2) is 4.26. The van der Waals surface area contributed by atoms with Gasteiger partial charge in [0.2, 0.25) is 0 Å². The number of rotatable bonds is 4. The molecule has 0 saturated heterocycles. The zero-order chi connectivity index (χ0) is 14.5. The minimum atomic E-state index is -0.966. The summed E-state index contributed by atoms with van der Waals surface area (Å²) in [6.45, 7) is 0. The van der Waals surface area contributed by atoms with Gasteiger partial charge in [0.25, 0.3) is 5.69 Å². The Kier molecular flexibility index (Phi) is 2.77. The van der Waals surface area contributed by atoms with Crippen LogP contribution in [-0.4, -0.2) is 16.0 Å². The molecule has 0 aliphatic heterocycles. The number of fused-ring (bicyclic) bond motifs is 1. The Morgan fingerprint density at radius 1 is 1.45 bits per heavy atom. The van der Waals surface area contributed by atoms with Crippen molar-refractivity contribution in [3.8, 4) is 0 Å². The zero-order valence-electron chi connectivity index (χ0n) is 10.7. The molecule has 106 valence electrons. The minimum absolute atomic E-state index is 0.0312. The predicted octanol–water partition coefficient (Wildman–Crippen LogP) is 2.78. The van der Waals surface area contributed by atoms with Crippen LogP contribution >= 0.6 is 0 Å². The maximum Gasteiger partial charge on any atom is 0.309 e. The van der Waals surface area contributed by atoms with Gasteiger partial charge >= 0.3 is 5.97 Å². The van der Waals surface area contributed by atoms with E-state index in [2.05, 4.69) is 0 Å². The monoisotopic (exact) mass is 279 g/mol. The highest BCUT2D eigenvalue weighted by Gasteiger charge is 2.57. The third-order valence-electron chi connectivity index (χ3n) is 4.60. The Morgan fingerprint density at radius 2 is 2.10 bits per heavy atom. The van der Waals surface area contributed by atoms with Gasteiger partial charge in [-0.05, 0) is 49.7 Å². The largest absolute Gasteiger partial charge is 0.481 e. The van der Waals surface area contributed by atoms with Gasteiger partial charge in [-0.2, -0.15) is 0 Å². The van der Waals surface area contributed by atoms with Crippen LogP contribution in [-0.2, 0) is 11.2 Å². The molecular weight excluding hydrogens is 265 g/mol. The van der Waals surface area contributed by atoms with Gasteiger partial charge in [-0.25, -0.2) is 4.39 Å². The predicted molar refractivity (Wildman–Crippen MR) is 67.7 cm³/mol. The van der Waals surface area contributed by atoms with Crippen molar-refractivity contribution in [2.45, 2.75) is 25.7 Å². The quantitative estimate of drug-likeness (QED) is 0.678. The molecule has 2 aliphatic carbocycles. The summed E-state index contributed by atoms with van der Waals surface area (Å²) in [7, 11) is 0. The molecular formula is C14H14FNO4. The topological polar surface area (TPSA) is 80.4 Å². The molecule has 2 fully saturated rings. The van der Waals surface area contributed by atoms with Crippen LogP contribution < -0.4 is 0 Å². The average molecular weight is 279 g/mol. The Bertz CT molecular complexity index is 591. The van der Waals surface area contributed by atoms with Crippen molar-refractivity contribution in [1.82, 2.24) is 0 Å². The van der Waals surface area contributed by atoms with Crippen LogP contribution in [0.4, 0.5) is 10.1 Å². The molecule has 5 nitrogen and oxygen atoms in total. The summed E-state index contributed by atoms with van der Waals surface area (Å²) < 4.78 is 13.3. The summed E-state index contributed by atoms with van der Waals surface area (Å²) in [6.07, 6.45) is 2.17. The molecule has 0 aromatic heterocycles. The Balaban J connectivity index is 1.95. The van der Waals surface area contributed by atoms with E-state index in [0.717, 1.165) is 24.6 Å². The molecule has 2 atom stereocenters. The van der Waals surface area contributed by atoms with Crippen LogP contribution in [0.1, 0.15) is 24.8 Å². The maximum absolute atomic E-state index is 13.3. The first-order valence-corrected chi connectivity index (χ1v) is 6.57. The third-order valence-corrected chi connectivity index (χ3v) is 4.60. The average Bonchev–Trinajstić information content (AvgIpc) is 2.97. The van der Waals surface area contributed by atoms with Crippen LogP contribution in [0.2, 0.25) is 0 Å². The Hall–Kier alpha value is -1.98. The first kappa shape index (κ1) is 13.0. The molecule has 3 rings (SSSR count). The molecule has 1 aromatic rings. The van der Waals surface area contributed by atoms with Crippen LogP contribution in [0.25, 0.3) is 0 Å². The minimum Gasteiger partial charge on any atom is -0.481 e. The number of halogens is 1. The van der Waals surface area contributed by atoms with Gasteiger partial charge in [0.1, 0.15) is 5.82 Å².